The Morgan fingerprint density at radius 1 is 1.09 bits per heavy atom. The monoisotopic (exact) mass is 309 g/mol. The molecule has 120 valence electrons. The van der Waals surface area contributed by atoms with Crippen LogP contribution in [-0.2, 0) is 6.54 Å². The van der Waals surface area contributed by atoms with E-state index in [0.717, 1.165) is 37.0 Å². The summed E-state index contributed by atoms with van der Waals surface area (Å²) < 4.78 is 0. The topological polar surface area (TPSA) is 53.9 Å². The van der Waals surface area contributed by atoms with Crippen LogP contribution in [0.25, 0.3) is 0 Å². The van der Waals surface area contributed by atoms with E-state index >= 15 is 0 Å². The Hall–Kier alpha value is -2.01. The summed E-state index contributed by atoms with van der Waals surface area (Å²) in [5.41, 5.74) is 1.14. The third-order valence-electron chi connectivity index (χ3n) is 4.59. The van der Waals surface area contributed by atoms with Crippen LogP contribution in [-0.4, -0.2) is 39.0 Å². The highest BCUT2D eigenvalue weighted by molar-refractivity contribution is 5.35. The number of likely N-dealkylation sites (tertiary alicyclic amines) is 1. The summed E-state index contributed by atoms with van der Waals surface area (Å²) in [5.74, 6) is 2.59. The van der Waals surface area contributed by atoms with Crippen molar-refractivity contribution in [2.45, 2.75) is 44.2 Å². The lowest BCUT2D eigenvalue weighted by molar-refractivity contribution is 0.206. The highest BCUT2D eigenvalue weighted by Crippen LogP contribution is 2.38. The molecule has 0 spiro atoms. The Bertz CT molecular complexity index is 641. The van der Waals surface area contributed by atoms with Gasteiger partial charge in [0.2, 0.25) is 0 Å². The maximum absolute atomic E-state index is 4.68. The number of rotatable bonds is 5. The van der Waals surface area contributed by atoms with Gasteiger partial charge in [0.05, 0.1) is 5.69 Å². The van der Waals surface area contributed by atoms with Gasteiger partial charge in [0.25, 0.3) is 0 Å². The normalized spacial score (nSPS) is 22.0. The smallest absolute Gasteiger partial charge is 0.133 e. The van der Waals surface area contributed by atoms with E-state index in [1.165, 1.54) is 25.7 Å². The fraction of sp³-hybridized carbons (Fsp3) is 0.500. The zero-order valence-electron chi connectivity index (χ0n) is 13.4. The zero-order valence-corrected chi connectivity index (χ0v) is 13.4. The van der Waals surface area contributed by atoms with Gasteiger partial charge in [-0.05, 0) is 50.4 Å². The van der Waals surface area contributed by atoms with E-state index in [1.807, 2.05) is 24.5 Å². The van der Waals surface area contributed by atoms with Crippen LogP contribution in [0, 0.1) is 0 Å². The first-order valence-electron chi connectivity index (χ1n) is 8.58. The maximum Gasteiger partial charge on any atom is 0.133 e. The van der Waals surface area contributed by atoms with Crippen molar-refractivity contribution < 1.29 is 0 Å². The largest absolute Gasteiger partial charge is 0.366 e. The fourth-order valence-corrected chi connectivity index (χ4v) is 3.24. The molecule has 0 bridgehead atoms. The summed E-state index contributed by atoms with van der Waals surface area (Å²) in [7, 11) is 0. The van der Waals surface area contributed by atoms with Gasteiger partial charge in [0, 0.05) is 37.4 Å². The predicted octanol–water partition coefficient (Wildman–Crippen LogP) is 2.83. The Labute approximate surface area is 137 Å². The van der Waals surface area contributed by atoms with Gasteiger partial charge in [-0.3, -0.25) is 9.88 Å². The van der Waals surface area contributed by atoms with Crippen LogP contribution in [0.15, 0.2) is 36.7 Å². The van der Waals surface area contributed by atoms with Crippen molar-refractivity contribution in [3.63, 3.8) is 0 Å². The van der Waals surface area contributed by atoms with E-state index in [9.17, 15) is 0 Å². The number of pyridine rings is 1. The van der Waals surface area contributed by atoms with Crippen LogP contribution in [0.1, 0.15) is 43.1 Å². The number of nitrogens with zero attached hydrogens (tertiary/aromatic N) is 4. The van der Waals surface area contributed by atoms with Gasteiger partial charge in [-0.15, -0.1) is 0 Å². The van der Waals surface area contributed by atoms with Crippen molar-refractivity contribution in [2.75, 3.05) is 18.4 Å². The molecule has 23 heavy (non-hydrogen) atoms. The van der Waals surface area contributed by atoms with Gasteiger partial charge in [0.15, 0.2) is 0 Å². The van der Waals surface area contributed by atoms with Gasteiger partial charge >= 0.3 is 0 Å². The average Bonchev–Trinajstić information content (AvgIpc) is 3.41. The molecule has 1 saturated heterocycles. The molecule has 1 aliphatic heterocycles. The second kappa shape index (κ2) is 6.62. The van der Waals surface area contributed by atoms with Crippen LogP contribution < -0.4 is 5.32 Å². The number of nitrogens with one attached hydrogen (secondary N) is 1. The lowest BCUT2D eigenvalue weighted by Gasteiger charge is -2.33. The molecule has 1 saturated carbocycles. The first-order chi connectivity index (χ1) is 11.4. The fourth-order valence-electron chi connectivity index (χ4n) is 3.24. The first-order valence-corrected chi connectivity index (χ1v) is 8.58. The summed E-state index contributed by atoms with van der Waals surface area (Å²) >= 11 is 0. The second-order valence-electron chi connectivity index (χ2n) is 6.61. The van der Waals surface area contributed by atoms with Crippen molar-refractivity contribution in [3.05, 3.63) is 48.2 Å². The van der Waals surface area contributed by atoms with Crippen LogP contribution in [0.5, 0.6) is 0 Å². The van der Waals surface area contributed by atoms with Gasteiger partial charge in [-0.1, -0.05) is 6.07 Å². The number of piperidine rings is 1. The minimum atomic E-state index is 0.453. The van der Waals surface area contributed by atoms with E-state index in [4.69, 9.17) is 0 Å². The van der Waals surface area contributed by atoms with E-state index in [-0.39, 0.29) is 0 Å². The van der Waals surface area contributed by atoms with E-state index in [0.29, 0.717) is 12.0 Å². The van der Waals surface area contributed by atoms with Crippen LogP contribution in [0.3, 0.4) is 0 Å². The number of anilines is 1. The maximum atomic E-state index is 4.68. The molecule has 0 radical (unpaired) electrons. The van der Waals surface area contributed by atoms with Gasteiger partial charge in [-0.25, -0.2) is 9.97 Å². The molecule has 5 heteroatoms. The summed E-state index contributed by atoms with van der Waals surface area (Å²) in [5, 5.41) is 3.61. The van der Waals surface area contributed by atoms with Crippen molar-refractivity contribution in [2.24, 2.45) is 0 Å². The number of hydrogen-bond acceptors (Lipinski definition) is 5. The standard InChI is InChI=1S/C18H23N5/c1-2-9-19-15(4-1)12-23-11-3-5-16(13-23)21-17-8-10-20-18(22-17)14-6-7-14/h1-2,4,8-10,14,16H,3,5-7,11-13H2,(H,20,21,22). The van der Waals surface area contributed by atoms with E-state index in [1.54, 1.807) is 0 Å². The minimum Gasteiger partial charge on any atom is -0.366 e. The Balaban J connectivity index is 1.36. The molecular formula is C18H23N5. The van der Waals surface area contributed by atoms with Crippen molar-refractivity contribution >= 4 is 5.82 Å². The molecule has 1 aliphatic carbocycles. The molecule has 0 amide bonds. The molecule has 2 fully saturated rings. The molecule has 1 atom stereocenters. The molecule has 0 aromatic carbocycles. The molecule has 1 N–H and O–H groups in total. The predicted molar refractivity (Wildman–Crippen MR) is 90.2 cm³/mol. The van der Waals surface area contributed by atoms with Crippen molar-refractivity contribution in [3.8, 4) is 0 Å². The quantitative estimate of drug-likeness (QED) is 0.920. The van der Waals surface area contributed by atoms with Crippen LogP contribution in [0.4, 0.5) is 5.82 Å². The summed E-state index contributed by atoms with van der Waals surface area (Å²) in [4.78, 5) is 16.0. The number of hydrogen-bond donors (Lipinski definition) is 1. The zero-order chi connectivity index (χ0) is 15.5. The number of aromatic nitrogens is 3. The van der Waals surface area contributed by atoms with Crippen LogP contribution in [0.2, 0.25) is 0 Å². The lowest BCUT2D eigenvalue weighted by atomic mass is 10.1. The van der Waals surface area contributed by atoms with Gasteiger partial charge in [0.1, 0.15) is 11.6 Å². The molecule has 2 aromatic rings. The van der Waals surface area contributed by atoms with Crippen molar-refractivity contribution in [1.29, 1.82) is 0 Å². The first kappa shape index (κ1) is 14.6. The van der Waals surface area contributed by atoms with E-state index in [2.05, 4.69) is 37.3 Å². The Kier molecular flexibility index (Phi) is 4.20. The van der Waals surface area contributed by atoms with E-state index < -0.39 is 0 Å². The Morgan fingerprint density at radius 2 is 2.04 bits per heavy atom. The third kappa shape index (κ3) is 3.85. The Morgan fingerprint density at radius 3 is 2.87 bits per heavy atom. The molecule has 3 heterocycles. The summed E-state index contributed by atoms with van der Waals surface area (Å²) in [6.45, 7) is 3.11. The average molecular weight is 309 g/mol. The third-order valence-corrected chi connectivity index (χ3v) is 4.59. The summed E-state index contributed by atoms with van der Waals surface area (Å²) in [6.07, 6.45) is 8.65. The highest BCUT2D eigenvalue weighted by atomic mass is 15.2. The molecule has 2 aliphatic rings. The van der Waals surface area contributed by atoms with Crippen molar-refractivity contribution in [1.82, 2.24) is 19.9 Å². The second-order valence-corrected chi connectivity index (χ2v) is 6.61. The molecular weight excluding hydrogens is 286 g/mol. The van der Waals surface area contributed by atoms with Gasteiger partial charge in [-0.2, -0.15) is 0 Å². The summed E-state index contributed by atoms with van der Waals surface area (Å²) in [6, 6.07) is 8.57. The minimum absolute atomic E-state index is 0.453. The lowest BCUT2D eigenvalue weighted by Crippen LogP contribution is -2.41. The SMILES string of the molecule is c1ccc(CN2CCCC(Nc3ccnc(C4CC4)n3)C2)nc1. The molecule has 4 rings (SSSR count). The molecule has 5 nitrogen and oxygen atoms in total. The highest BCUT2D eigenvalue weighted by Gasteiger charge is 2.27. The molecule has 2 aromatic heterocycles. The van der Waals surface area contributed by atoms with Crippen LogP contribution >= 0.6 is 0 Å². The van der Waals surface area contributed by atoms with Gasteiger partial charge < -0.3 is 5.32 Å². The molecule has 1 unspecified atom stereocenters.